The second-order valence-electron chi connectivity index (χ2n) is 10.7. The van der Waals surface area contributed by atoms with Crippen LogP contribution in [0.15, 0.2) is 47.6 Å². The topological polar surface area (TPSA) is 148 Å². The average molecular weight is 632 g/mol. The van der Waals surface area contributed by atoms with Gasteiger partial charge in [0.25, 0.3) is 10.0 Å². The number of benzene rings is 1. The quantitative estimate of drug-likeness (QED) is 0.204. The molecule has 1 amide bonds. The largest absolute Gasteiger partial charge is 0.453 e. The van der Waals surface area contributed by atoms with Gasteiger partial charge in [-0.15, -0.1) is 11.3 Å². The second kappa shape index (κ2) is 12.6. The van der Waals surface area contributed by atoms with Crippen LogP contribution in [0.4, 0.5) is 25.2 Å². The molecule has 0 saturated carbocycles. The summed E-state index contributed by atoms with van der Waals surface area (Å²) in [7, 11) is -3.13. The molecule has 228 valence electrons. The fraction of sp³-hybridized carbons (Fsp3) is 0.321. The highest BCUT2D eigenvalue weighted by Crippen LogP contribution is 2.42. The molecule has 3 N–H and O–H groups in total. The number of rotatable bonds is 9. The number of halogens is 2. The normalized spacial score (nSPS) is 12.5. The zero-order valence-electron chi connectivity index (χ0n) is 24.3. The number of carbonyl (C=O) groups excluding carboxylic acids is 1. The van der Waals surface area contributed by atoms with Gasteiger partial charge in [-0.3, -0.25) is 4.72 Å². The average Bonchev–Trinajstić information content (AvgIpc) is 3.40. The van der Waals surface area contributed by atoms with E-state index in [0.29, 0.717) is 22.1 Å². The van der Waals surface area contributed by atoms with E-state index in [1.807, 2.05) is 20.8 Å². The van der Waals surface area contributed by atoms with E-state index >= 15 is 4.39 Å². The summed E-state index contributed by atoms with van der Waals surface area (Å²) < 4.78 is 62.7. The SMILES string of the molecule is COC(=O)N[C@@H](C)CNc1nccc(-c2sc(C(C)(C)C)nc2-c2cccc(NS(=O)(=O)c3ccc(C)c(F)n3)c2F)n1. The fourth-order valence-electron chi connectivity index (χ4n) is 3.75. The fourth-order valence-corrected chi connectivity index (χ4v) is 5.86. The standard InChI is InChI=1S/C28H31F2N7O4S2/c1-15-10-11-20(35-24(15)30)43(39,40)37-18-9-7-8-17(21(18)29)22-23(42-25(36-22)28(3,4)5)19-12-13-31-26(34-19)32-14-16(2)33-27(38)41-6/h7-13,16,37H,14H2,1-6H3,(H,33,38)(H,31,32,34)/t16-/m0/s1. The van der Waals surface area contributed by atoms with Crippen molar-refractivity contribution in [2.75, 3.05) is 23.7 Å². The molecule has 11 nitrogen and oxygen atoms in total. The molecule has 1 atom stereocenters. The number of amides is 1. The Hall–Kier alpha value is -4.24. The number of hydrogen-bond acceptors (Lipinski definition) is 10. The number of carbonyl (C=O) groups is 1. The number of aromatic nitrogens is 4. The number of ether oxygens (including phenoxy) is 1. The lowest BCUT2D eigenvalue weighted by molar-refractivity contribution is 0.168. The number of thiazole rings is 1. The highest BCUT2D eigenvalue weighted by molar-refractivity contribution is 7.92. The van der Waals surface area contributed by atoms with Gasteiger partial charge in [0.1, 0.15) is 0 Å². The molecule has 0 bridgehead atoms. The van der Waals surface area contributed by atoms with Crippen LogP contribution in [-0.2, 0) is 20.2 Å². The van der Waals surface area contributed by atoms with Crippen molar-refractivity contribution < 1.29 is 26.7 Å². The molecule has 0 fully saturated rings. The van der Waals surface area contributed by atoms with E-state index in [4.69, 9.17) is 4.98 Å². The Morgan fingerprint density at radius 1 is 1.09 bits per heavy atom. The molecule has 0 spiro atoms. The summed E-state index contributed by atoms with van der Waals surface area (Å²) in [4.78, 5) is 29.1. The smallest absolute Gasteiger partial charge is 0.407 e. The molecule has 0 radical (unpaired) electrons. The number of anilines is 2. The molecule has 0 aliphatic rings. The highest BCUT2D eigenvalue weighted by Gasteiger charge is 2.27. The van der Waals surface area contributed by atoms with Crippen LogP contribution in [0.25, 0.3) is 21.8 Å². The van der Waals surface area contributed by atoms with Crippen molar-refractivity contribution in [1.29, 1.82) is 0 Å². The highest BCUT2D eigenvalue weighted by atomic mass is 32.2. The third-order valence-corrected chi connectivity index (χ3v) is 8.83. The van der Waals surface area contributed by atoms with Crippen LogP contribution in [0.1, 0.15) is 38.3 Å². The summed E-state index contributed by atoms with van der Waals surface area (Å²) in [6.45, 7) is 9.44. The number of sulfonamides is 1. The zero-order valence-corrected chi connectivity index (χ0v) is 26.0. The molecule has 43 heavy (non-hydrogen) atoms. The van der Waals surface area contributed by atoms with Crippen LogP contribution in [0, 0.1) is 18.7 Å². The number of pyridine rings is 1. The van der Waals surface area contributed by atoms with Gasteiger partial charge in [0, 0.05) is 35.3 Å². The van der Waals surface area contributed by atoms with Gasteiger partial charge >= 0.3 is 6.09 Å². The van der Waals surface area contributed by atoms with E-state index in [-0.39, 0.29) is 34.5 Å². The lowest BCUT2D eigenvalue weighted by Crippen LogP contribution is -2.37. The summed E-state index contributed by atoms with van der Waals surface area (Å²) in [5.41, 5.74) is 0.186. The van der Waals surface area contributed by atoms with Crippen molar-refractivity contribution in [2.24, 2.45) is 0 Å². The van der Waals surface area contributed by atoms with Gasteiger partial charge in [-0.1, -0.05) is 32.9 Å². The maximum Gasteiger partial charge on any atom is 0.407 e. The zero-order chi connectivity index (χ0) is 31.5. The van der Waals surface area contributed by atoms with Crippen molar-refractivity contribution in [3.63, 3.8) is 0 Å². The van der Waals surface area contributed by atoms with Crippen LogP contribution >= 0.6 is 11.3 Å². The summed E-state index contributed by atoms with van der Waals surface area (Å²) in [5.74, 6) is -1.54. The van der Waals surface area contributed by atoms with E-state index < -0.39 is 38.3 Å². The molecule has 0 aliphatic heterocycles. The molecule has 3 aromatic heterocycles. The first-order valence-corrected chi connectivity index (χ1v) is 15.4. The first-order valence-electron chi connectivity index (χ1n) is 13.1. The van der Waals surface area contributed by atoms with E-state index in [1.165, 1.54) is 55.8 Å². The van der Waals surface area contributed by atoms with E-state index in [0.717, 1.165) is 6.07 Å². The molecule has 0 saturated heterocycles. The molecule has 0 aliphatic carbocycles. The molecular weight excluding hydrogens is 600 g/mol. The Labute approximate surface area is 252 Å². The Bertz CT molecular complexity index is 1760. The van der Waals surface area contributed by atoms with Gasteiger partial charge in [0.2, 0.25) is 11.9 Å². The van der Waals surface area contributed by atoms with Crippen LogP contribution < -0.4 is 15.4 Å². The molecular formula is C28H31F2N7O4S2. The molecule has 4 rings (SSSR count). The van der Waals surface area contributed by atoms with Gasteiger partial charge in [-0.05, 0) is 38.1 Å². The Kier molecular flexibility index (Phi) is 9.25. The number of nitrogens with one attached hydrogen (secondary N) is 3. The lowest BCUT2D eigenvalue weighted by Gasteiger charge is -2.14. The predicted octanol–water partition coefficient (Wildman–Crippen LogP) is 5.50. The van der Waals surface area contributed by atoms with Crippen molar-refractivity contribution in [1.82, 2.24) is 25.3 Å². The summed E-state index contributed by atoms with van der Waals surface area (Å²) in [5, 5.41) is 5.82. The lowest BCUT2D eigenvalue weighted by atomic mass is 9.98. The van der Waals surface area contributed by atoms with Crippen LogP contribution in [0.2, 0.25) is 0 Å². The van der Waals surface area contributed by atoms with Gasteiger partial charge < -0.3 is 15.4 Å². The first kappa shape index (κ1) is 31.7. The molecule has 4 aromatic rings. The predicted molar refractivity (Wildman–Crippen MR) is 160 cm³/mol. The maximum absolute atomic E-state index is 16.0. The van der Waals surface area contributed by atoms with Crippen molar-refractivity contribution in [3.8, 4) is 21.8 Å². The van der Waals surface area contributed by atoms with Gasteiger partial charge in [-0.25, -0.2) is 29.1 Å². The number of hydrogen-bond donors (Lipinski definition) is 3. The first-order chi connectivity index (χ1) is 20.2. The summed E-state index contributed by atoms with van der Waals surface area (Å²) in [6, 6.07) is 8.02. The molecule has 3 heterocycles. The summed E-state index contributed by atoms with van der Waals surface area (Å²) in [6.07, 6.45) is 0.972. The van der Waals surface area contributed by atoms with Crippen LogP contribution in [-0.4, -0.2) is 54.1 Å². The molecule has 0 unspecified atom stereocenters. The van der Waals surface area contributed by atoms with Gasteiger partial charge in [0.05, 0.1) is 34.1 Å². The van der Waals surface area contributed by atoms with Crippen molar-refractivity contribution in [2.45, 2.75) is 51.1 Å². The summed E-state index contributed by atoms with van der Waals surface area (Å²) >= 11 is 1.33. The van der Waals surface area contributed by atoms with Crippen LogP contribution in [0.3, 0.4) is 0 Å². The van der Waals surface area contributed by atoms with E-state index in [1.54, 1.807) is 13.0 Å². The number of nitrogens with zero attached hydrogens (tertiary/aromatic N) is 4. The minimum absolute atomic E-state index is 0.0361. The number of aryl methyl sites for hydroxylation is 1. The van der Waals surface area contributed by atoms with Crippen molar-refractivity contribution >= 4 is 39.1 Å². The van der Waals surface area contributed by atoms with Crippen LogP contribution in [0.5, 0.6) is 0 Å². The van der Waals surface area contributed by atoms with Crippen molar-refractivity contribution in [3.05, 3.63) is 64.9 Å². The molecule has 1 aromatic carbocycles. The Balaban J connectivity index is 1.71. The molecule has 15 heteroatoms. The Morgan fingerprint density at radius 2 is 1.84 bits per heavy atom. The van der Waals surface area contributed by atoms with Gasteiger partial charge in [-0.2, -0.15) is 12.8 Å². The Morgan fingerprint density at radius 3 is 2.51 bits per heavy atom. The number of alkyl carbamates (subject to hydrolysis) is 1. The third-order valence-electron chi connectivity index (χ3n) is 6.06. The minimum atomic E-state index is -4.40. The van der Waals surface area contributed by atoms with E-state index in [2.05, 4.69) is 35.0 Å². The third kappa shape index (κ3) is 7.40. The monoisotopic (exact) mass is 631 g/mol. The van der Waals surface area contributed by atoms with E-state index in [9.17, 15) is 17.6 Å². The second-order valence-corrected chi connectivity index (χ2v) is 13.3. The number of methoxy groups -OCH3 is 1. The maximum atomic E-state index is 16.0. The van der Waals surface area contributed by atoms with Gasteiger partial charge in [0.15, 0.2) is 10.8 Å². The minimum Gasteiger partial charge on any atom is -0.453 e.